The van der Waals surface area contributed by atoms with E-state index in [1.165, 1.54) is 11.1 Å². The van der Waals surface area contributed by atoms with Crippen molar-refractivity contribution in [3.63, 3.8) is 0 Å². The third-order valence-corrected chi connectivity index (χ3v) is 1.94. The summed E-state index contributed by atoms with van der Waals surface area (Å²) >= 11 is 0. The van der Waals surface area contributed by atoms with Crippen LogP contribution in [0.1, 0.15) is 46.5 Å². The lowest BCUT2D eigenvalue weighted by atomic mass is 10.1. The minimum atomic E-state index is 0.305. The van der Waals surface area contributed by atoms with Crippen LogP contribution < -0.4 is 0 Å². The van der Waals surface area contributed by atoms with E-state index in [4.69, 9.17) is 5.11 Å². The van der Waals surface area contributed by atoms with Crippen molar-refractivity contribution >= 4 is 0 Å². The summed E-state index contributed by atoms with van der Waals surface area (Å²) in [5.41, 5.74) is 2.79. The standard InChI is InChI=1S/C12H22O/c1-11(2)7-4-5-8-12(3)9-6-10-13/h7-8,13H,4-6,9-10H2,1-3H3/b12-8+. The molecule has 0 saturated heterocycles. The maximum atomic E-state index is 8.62. The van der Waals surface area contributed by atoms with Crippen molar-refractivity contribution in [2.24, 2.45) is 0 Å². The number of unbranched alkanes of at least 4 members (excludes halogenated alkanes) is 1. The second-order valence-corrected chi connectivity index (χ2v) is 3.74. The van der Waals surface area contributed by atoms with Crippen molar-refractivity contribution in [2.45, 2.75) is 46.5 Å². The highest BCUT2D eigenvalue weighted by Gasteiger charge is 1.88. The van der Waals surface area contributed by atoms with Gasteiger partial charge in [-0.3, -0.25) is 0 Å². The van der Waals surface area contributed by atoms with E-state index in [-0.39, 0.29) is 0 Å². The van der Waals surface area contributed by atoms with E-state index < -0.39 is 0 Å². The Kier molecular flexibility index (Phi) is 7.71. The predicted octanol–water partition coefficient (Wildman–Crippen LogP) is 3.45. The summed E-state index contributed by atoms with van der Waals surface area (Å²) in [4.78, 5) is 0. The Labute approximate surface area is 82.2 Å². The van der Waals surface area contributed by atoms with Crippen LogP contribution in [0.2, 0.25) is 0 Å². The molecule has 0 aromatic carbocycles. The molecule has 1 N–H and O–H groups in total. The number of allylic oxidation sites excluding steroid dienone is 4. The SMILES string of the molecule is CC(C)=CCC/C=C(\C)CCCO. The van der Waals surface area contributed by atoms with Crippen molar-refractivity contribution in [1.29, 1.82) is 0 Å². The van der Waals surface area contributed by atoms with Gasteiger partial charge in [0.15, 0.2) is 0 Å². The third kappa shape index (κ3) is 9.35. The lowest BCUT2D eigenvalue weighted by Gasteiger charge is -1.98. The Morgan fingerprint density at radius 1 is 1.08 bits per heavy atom. The second kappa shape index (κ2) is 8.06. The number of aliphatic hydroxyl groups is 1. The summed E-state index contributed by atoms with van der Waals surface area (Å²) < 4.78 is 0. The van der Waals surface area contributed by atoms with Gasteiger partial charge in [-0.25, -0.2) is 0 Å². The average Bonchev–Trinajstić information content (AvgIpc) is 2.08. The monoisotopic (exact) mass is 182 g/mol. The third-order valence-electron chi connectivity index (χ3n) is 1.94. The molecule has 13 heavy (non-hydrogen) atoms. The molecule has 0 rings (SSSR count). The first kappa shape index (κ1) is 12.4. The number of hydrogen-bond acceptors (Lipinski definition) is 1. The van der Waals surface area contributed by atoms with Crippen LogP contribution in [-0.4, -0.2) is 11.7 Å². The fraction of sp³-hybridized carbons (Fsp3) is 0.667. The van der Waals surface area contributed by atoms with E-state index >= 15 is 0 Å². The molecule has 0 aliphatic carbocycles. The molecule has 0 saturated carbocycles. The van der Waals surface area contributed by atoms with E-state index in [0.717, 1.165) is 25.7 Å². The van der Waals surface area contributed by atoms with Crippen molar-refractivity contribution in [3.05, 3.63) is 23.3 Å². The first-order valence-corrected chi connectivity index (χ1v) is 5.06. The highest BCUT2D eigenvalue weighted by molar-refractivity contribution is 5.00. The summed E-state index contributed by atoms with van der Waals surface area (Å²) in [6.07, 6.45) is 8.72. The molecule has 0 amide bonds. The van der Waals surface area contributed by atoms with E-state index in [9.17, 15) is 0 Å². The maximum absolute atomic E-state index is 8.62. The highest BCUT2D eigenvalue weighted by Crippen LogP contribution is 2.06. The van der Waals surface area contributed by atoms with Gasteiger partial charge in [-0.2, -0.15) is 0 Å². The van der Waals surface area contributed by atoms with Crippen LogP contribution >= 0.6 is 0 Å². The Balaban J connectivity index is 3.53. The fourth-order valence-corrected chi connectivity index (χ4v) is 1.16. The first-order valence-electron chi connectivity index (χ1n) is 5.06. The molecule has 0 heterocycles. The molecule has 0 aromatic rings. The molecule has 0 atom stereocenters. The Bertz CT molecular complexity index is 174. The number of aliphatic hydroxyl groups excluding tert-OH is 1. The molecule has 0 aliphatic rings. The van der Waals surface area contributed by atoms with E-state index in [1.807, 2.05) is 0 Å². The predicted molar refractivity (Wildman–Crippen MR) is 58.7 cm³/mol. The molecule has 0 unspecified atom stereocenters. The summed E-state index contributed by atoms with van der Waals surface area (Å²) in [5.74, 6) is 0. The fourth-order valence-electron chi connectivity index (χ4n) is 1.16. The van der Waals surface area contributed by atoms with Crippen LogP contribution in [0.3, 0.4) is 0 Å². The van der Waals surface area contributed by atoms with E-state index in [1.54, 1.807) is 0 Å². The van der Waals surface area contributed by atoms with Gasteiger partial charge in [-0.1, -0.05) is 23.3 Å². The van der Waals surface area contributed by atoms with Gasteiger partial charge >= 0.3 is 0 Å². The van der Waals surface area contributed by atoms with Gasteiger partial charge in [0.05, 0.1) is 0 Å². The van der Waals surface area contributed by atoms with Crippen LogP contribution in [0.15, 0.2) is 23.3 Å². The first-order chi connectivity index (χ1) is 6.16. The Hall–Kier alpha value is -0.560. The van der Waals surface area contributed by atoms with Crippen molar-refractivity contribution < 1.29 is 5.11 Å². The van der Waals surface area contributed by atoms with Crippen molar-refractivity contribution in [1.82, 2.24) is 0 Å². The zero-order chi connectivity index (χ0) is 10.1. The largest absolute Gasteiger partial charge is 0.396 e. The molecule has 0 bridgehead atoms. The lowest BCUT2D eigenvalue weighted by Crippen LogP contribution is -1.84. The van der Waals surface area contributed by atoms with E-state index in [0.29, 0.717) is 6.61 Å². The zero-order valence-electron chi connectivity index (χ0n) is 9.14. The molecule has 0 aliphatic heterocycles. The van der Waals surface area contributed by atoms with Crippen LogP contribution in [0.5, 0.6) is 0 Å². The minimum absolute atomic E-state index is 0.305. The quantitative estimate of drug-likeness (QED) is 0.492. The molecule has 0 aromatic heterocycles. The molecular weight excluding hydrogens is 160 g/mol. The Morgan fingerprint density at radius 2 is 1.69 bits per heavy atom. The van der Waals surface area contributed by atoms with Crippen LogP contribution in [-0.2, 0) is 0 Å². The topological polar surface area (TPSA) is 20.2 Å². The summed E-state index contributed by atoms with van der Waals surface area (Å²) in [5, 5.41) is 8.62. The molecule has 0 radical (unpaired) electrons. The second-order valence-electron chi connectivity index (χ2n) is 3.74. The summed E-state index contributed by atoms with van der Waals surface area (Å²) in [6, 6.07) is 0. The van der Waals surface area contributed by atoms with Gasteiger partial charge in [0, 0.05) is 6.61 Å². The normalized spacial score (nSPS) is 11.5. The van der Waals surface area contributed by atoms with Crippen LogP contribution in [0.4, 0.5) is 0 Å². The van der Waals surface area contributed by atoms with Crippen molar-refractivity contribution in [3.8, 4) is 0 Å². The lowest BCUT2D eigenvalue weighted by molar-refractivity contribution is 0.288. The summed E-state index contributed by atoms with van der Waals surface area (Å²) in [7, 11) is 0. The van der Waals surface area contributed by atoms with Gasteiger partial charge in [0.2, 0.25) is 0 Å². The van der Waals surface area contributed by atoms with Gasteiger partial charge < -0.3 is 5.11 Å². The molecule has 1 nitrogen and oxygen atoms in total. The van der Waals surface area contributed by atoms with Crippen LogP contribution in [0, 0.1) is 0 Å². The molecule has 76 valence electrons. The van der Waals surface area contributed by atoms with Crippen LogP contribution in [0.25, 0.3) is 0 Å². The minimum Gasteiger partial charge on any atom is -0.396 e. The molecular formula is C12H22O. The van der Waals surface area contributed by atoms with Crippen molar-refractivity contribution in [2.75, 3.05) is 6.61 Å². The van der Waals surface area contributed by atoms with Gasteiger partial charge in [-0.15, -0.1) is 0 Å². The number of rotatable bonds is 6. The molecule has 1 heteroatoms. The zero-order valence-corrected chi connectivity index (χ0v) is 9.14. The van der Waals surface area contributed by atoms with Gasteiger partial charge in [-0.05, 0) is 46.5 Å². The van der Waals surface area contributed by atoms with Gasteiger partial charge in [0.1, 0.15) is 0 Å². The Morgan fingerprint density at radius 3 is 2.23 bits per heavy atom. The average molecular weight is 182 g/mol. The van der Waals surface area contributed by atoms with E-state index in [2.05, 4.69) is 32.9 Å². The van der Waals surface area contributed by atoms with Gasteiger partial charge in [0.25, 0.3) is 0 Å². The maximum Gasteiger partial charge on any atom is 0.0434 e. The number of hydrogen-bond donors (Lipinski definition) is 1. The smallest absolute Gasteiger partial charge is 0.0434 e. The molecule has 0 fully saturated rings. The molecule has 0 spiro atoms. The summed E-state index contributed by atoms with van der Waals surface area (Å²) in [6.45, 7) is 6.70. The highest BCUT2D eigenvalue weighted by atomic mass is 16.2.